The second kappa shape index (κ2) is 9.31. The second-order valence-electron chi connectivity index (χ2n) is 8.15. The first-order chi connectivity index (χ1) is 16.3. The molecule has 34 heavy (non-hydrogen) atoms. The van der Waals surface area contributed by atoms with Gasteiger partial charge in [0.05, 0.1) is 18.5 Å². The van der Waals surface area contributed by atoms with Crippen LogP contribution in [0, 0.1) is 28.9 Å². The lowest BCUT2D eigenvalue weighted by Gasteiger charge is -2.23. The van der Waals surface area contributed by atoms with Crippen LogP contribution in [0.5, 0.6) is 0 Å². The molecule has 174 valence electrons. The van der Waals surface area contributed by atoms with Crippen LogP contribution >= 0.6 is 0 Å². The number of aromatic amines is 1. The predicted molar refractivity (Wildman–Crippen MR) is 119 cm³/mol. The zero-order valence-electron chi connectivity index (χ0n) is 18.2. The molecule has 10 heteroatoms. The van der Waals surface area contributed by atoms with Crippen LogP contribution < -0.4 is 5.32 Å². The highest BCUT2D eigenvalue weighted by Gasteiger charge is 2.39. The van der Waals surface area contributed by atoms with Gasteiger partial charge in [0.1, 0.15) is 11.7 Å². The Labute approximate surface area is 193 Å². The van der Waals surface area contributed by atoms with E-state index in [2.05, 4.69) is 10.3 Å². The Hall–Kier alpha value is -4.26. The highest BCUT2D eigenvalue weighted by atomic mass is 19.2. The number of nitriles is 1. The minimum atomic E-state index is -1.07. The van der Waals surface area contributed by atoms with E-state index < -0.39 is 35.4 Å². The third-order valence-corrected chi connectivity index (χ3v) is 5.82. The van der Waals surface area contributed by atoms with Crippen LogP contribution in [0.3, 0.4) is 0 Å². The topological polar surface area (TPSA) is 109 Å². The first kappa shape index (κ1) is 22.9. The van der Waals surface area contributed by atoms with Crippen molar-refractivity contribution < 1.29 is 23.2 Å². The summed E-state index contributed by atoms with van der Waals surface area (Å²) in [5, 5.41) is 12.2. The predicted octanol–water partition coefficient (Wildman–Crippen LogP) is 2.90. The maximum Gasteiger partial charge on any atom is 0.270 e. The average molecular weight is 465 g/mol. The van der Waals surface area contributed by atoms with Crippen molar-refractivity contribution in [2.24, 2.45) is 5.92 Å². The van der Waals surface area contributed by atoms with Crippen LogP contribution in [-0.2, 0) is 9.59 Å². The number of likely N-dealkylation sites (tertiary alicyclic amines) is 1. The molecule has 0 aliphatic carbocycles. The molecular formula is C24H21F2N5O3. The number of hydrogen-bond donors (Lipinski definition) is 2. The van der Waals surface area contributed by atoms with E-state index in [0.717, 1.165) is 11.0 Å². The average Bonchev–Trinajstić information content (AvgIpc) is 3.47. The fourth-order valence-corrected chi connectivity index (χ4v) is 4.02. The molecule has 4 rings (SSSR count). The van der Waals surface area contributed by atoms with Gasteiger partial charge in [-0.25, -0.2) is 8.78 Å². The molecule has 1 aliphatic rings. The van der Waals surface area contributed by atoms with E-state index in [1.165, 1.54) is 24.1 Å². The summed E-state index contributed by atoms with van der Waals surface area (Å²) < 4.78 is 27.4. The zero-order chi connectivity index (χ0) is 24.4. The van der Waals surface area contributed by atoms with Gasteiger partial charge in [-0.3, -0.25) is 14.4 Å². The van der Waals surface area contributed by atoms with Crippen molar-refractivity contribution in [1.29, 1.82) is 5.26 Å². The summed E-state index contributed by atoms with van der Waals surface area (Å²) in [6, 6.07) is 13.6. The Morgan fingerprint density at radius 3 is 2.65 bits per heavy atom. The molecule has 8 nitrogen and oxygen atoms in total. The second-order valence-corrected chi connectivity index (χ2v) is 8.15. The number of nitrogens with zero attached hydrogens (tertiary/aromatic N) is 3. The van der Waals surface area contributed by atoms with E-state index in [4.69, 9.17) is 0 Å². The summed E-state index contributed by atoms with van der Waals surface area (Å²) in [5.74, 6) is -4.06. The van der Waals surface area contributed by atoms with Crippen molar-refractivity contribution in [2.75, 3.05) is 25.5 Å². The maximum atomic E-state index is 14.0. The van der Waals surface area contributed by atoms with Crippen LogP contribution in [0.4, 0.5) is 14.5 Å². The number of rotatable bonds is 5. The standard InChI is InChI=1S/C24H21F2N5O3/c1-30(24(34)20-10-17-19(29-20)8-7-18(25)22(17)26)13-21(32)31-12-14(9-16(31)11-27)23(33)28-15-5-3-2-4-6-15/h2-8,10,14,16,29H,9,12-13H2,1H3,(H,28,33). The number of likely N-dealkylation sites (N-methyl/N-ethyl adjacent to an activating group) is 1. The van der Waals surface area contributed by atoms with Gasteiger partial charge in [0.15, 0.2) is 11.6 Å². The number of amides is 3. The van der Waals surface area contributed by atoms with E-state index in [-0.39, 0.29) is 42.0 Å². The molecule has 2 heterocycles. The summed E-state index contributed by atoms with van der Waals surface area (Å²) in [4.78, 5) is 43.4. The van der Waals surface area contributed by atoms with Gasteiger partial charge < -0.3 is 20.1 Å². The summed E-state index contributed by atoms with van der Waals surface area (Å²) in [5.41, 5.74) is 0.859. The molecule has 1 saturated heterocycles. The SMILES string of the molecule is CN(CC(=O)N1CC(C(=O)Nc2ccccc2)CC1C#N)C(=O)c1cc2c(F)c(F)ccc2[nH]1. The van der Waals surface area contributed by atoms with E-state index >= 15 is 0 Å². The molecule has 1 fully saturated rings. The monoisotopic (exact) mass is 465 g/mol. The first-order valence-electron chi connectivity index (χ1n) is 10.6. The normalized spacial score (nSPS) is 17.4. The van der Waals surface area contributed by atoms with Crippen LogP contribution in [0.2, 0.25) is 0 Å². The summed E-state index contributed by atoms with van der Waals surface area (Å²) >= 11 is 0. The smallest absolute Gasteiger partial charge is 0.270 e. The van der Waals surface area contributed by atoms with Gasteiger partial charge in [0, 0.05) is 30.2 Å². The Kier molecular flexibility index (Phi) is 6.27. The van der Waals surface area contributed by atoms with Gasteiger partial charge in [-0.05, 0) is 36.8 Å². The van der Waals surface area contributed by atoms with E-state index in [1.807, 2.05) is 12.1 Å². The number of hydrogen-bond acceptors (Lipinski definition) is 4. The lowest BCUT2D eigenvalue weighted by Crippen LogP contribution is -2.43. The number of halogens is 2. The van der Waals surface area contributed by atoms with E-state index in [1.54, 1.807) is 24.3 Å². The van der Waals surface area contributed by atoms with Gasteiger partial charge in [-0.15, -0.1) is 0 Å². The molecule has 3 amide bonds. The molecule has 1 aromatic heterocycles. The molecule has 3 aromatic rings. The number of anilines is 1. The molecule has 2 aromatic carbocycles. The van der Waals surface area contributed by atoms with Crippen molar-refractivity contribution in [3.8, 4) is 6.07 Å². The van der Waals surface area contributed by atoms with Gasteiger partial charge in [-0.1, -0.05) is 18.2 Å². The minimum absolute atomic E-state index is 0.00632. The van der Waals surface area contributed by atoms with Crippen molar-refractivity contribution in [1.82, 2.24) is 14.8 Å². The Morgan fingerprint density at radius 1 is 1.21 bits per heavy atom. The number of para-hydroxylation sites is 1. The van der Waals surface area contributed by atoms with Crippen molar-refractivity contribution in [2.45, 2.75) is 12.5 Å². The summed E-state index contributed by atoms with van der Waals surface area (Å²) in [7, 11) is 1.39. The Bertz CT molecular complexity index is 1300. The number of fused-ring (bicyclic) bond motifs is 1. The number of aromatic nitrogens is 1. The molecule has 2 atom stereocenters. The minimum Gasteiger partial charge on any atom is -0.350 e. The lowest BCUT2D eigenvalue weighted by atomic mass is 10.1. The number of carbonyl (C=O) groups excluding carboxylic acids is 3. The number of nitrogens with one attached hydrogen (secondary N) is 2. The third kappa shape index (κ3) is 4.45. The number of H-pyrrole nitrogens is 1. The third-order valence-electron chi connectivity index (χ3n) is 5.82. The molecular weight excluding hydrogens is 444 g/mol. The van der Waals surface area contributed by atoms with Crippen molar-refractivity contribution in [3.05, 3.63) is 65.9 Å². The fourth-order valence-electron chi connectivity index (χ4n) is 4.02. The highest BCUT2D eigenvalue weighted by Crippen LogP contribution is 2.25. The van der Waals surface area contributed by atoms with Gasteiger partial charge >= 0.3 is 0 Å². The van der Waals surface area contributed by atoms with Crippen molar-refractivity contribution >= 4 is 34.3 Å². The molecule has 1 aliphatic heterocycles. The summed E-state index contributed by atoms with van der Waals surface area (Å²) in [6.07, 6.45) is 0.186. The highest BCUT2D eigenvalue weighted by molar-refractivity contribution is 6.00. The van der Waals surface area contributed by atoms with Crippen LogP contribution in [0.25, 0.3) is 10.9 Å². The maximum absolute atomic E-state index is 14.0. The van der Waals surface area contributed by atoms with Crippen molar-refractivity contribution in [3.63, 3.8) is 0 Å². The molecule has 2 N–H and O–H groups in total. The fraction of sp³-hybridized carbons (Fsp3) is 0.250. The molecule has 0 spiro atoms. The first-order valence-corrected chi connectivity index (χ1v) is 10.6. The number of carbonyl (C=O) groups is 3. The Balaban J connectivity index is 1.42. The Morgan fingerprint density at radius 2 is 1.94 bits per heavy atom. The molecule has 0 bridgehead atoms. The van der Waals surface area contributed by atoms with Crippen LogP contribution in [0.1, 0.15) is 16.9 Å². The van der Waals surface area contributed by atoms with Gasteiger partial charge in [-0.2, -0.15) is 5.26 Å². The van der Waals surface area contributed by atoms with E-state index in [0.29, 0.717) is 5.69 Å². The number of benzene rings is 2. The van der Waals surface area contributed by atoms with Gasteiger partial charge in [0.25, 0.3) is 5.91 Å². The quantitative estimate of drug-likeness (QED) is 0.604. The summed E-state index contributed by atoms with van der Waals surface area (Å²) in [6.45, 7) is -0.301. The largest absolute Gasteiger partial charge is 0.350 e. The molecule has 2 unspecified atom stereocenters. The van der Waals surface area contributed by atoms with E-state index in [9.17, 15) is 28.4 Å². The molecule has 0 saturated carbocycles. The van der Waals surface area contributed by atoms with Gasteiger partial charge in [0.2, 0.25) is 11.8 Å². The zero-order valence-corrected chi connectivity index (χ0v) is 18.2. The van der Waals surface area contributed by atoms with Crippen LogP contribution in [0.15, 0.2) is 48.5 Å². The lowest BCUT2D eigenvalue weighted by molar-refractivity contribution is -0.131. The van der Waals surface area contributed by atoms with Crippen LogP contribution in [-0.4, -0.2) is 58.7 Å². The molecule has 0 radical (unpaired) electrons.